The Kier molecular flexibility index (Phi) is 4.59. The molecule has 0 bridgehead atoms. The molecule has 1 saturated heterocycles. The molecule has 1 amide bonds. The molecule has 0 radical (unpaired) electrons. The van der Waals surface area contributed by atoms with Crippen LogP contribution in [0.25, 0.3) is 0 Å². The van der Waals surface area contributed by atoms with Crippen LogP contribution in [0.3, 0.4) is 0 Å². The number of piperazine rings is 1. The van der Waals surface area contributed by atoms with Gasteiger partial charge in [-0.1, -0.05) is 15.9 Å². The number of amides is 1. The van der Waals surface area contributed by atoms with E-state index in [1.807, 2.05) is 6.07 Å². The summed E-state index contributed by atoms with van der Waals surface area (Å²) >= 11 is 6.64. The number of carboxylic acids is 1. The van der Waals surface area contributed by atoms with E-state index in [1.165, 1.54) is 4.90 Å². The van der Waals surface area contributed by atoms with Crippen molar-refractivity contribution in [2.24, 2.45) is 0 Å². The molecule has 1 heterocycles. The molecular formula is C12H12Br2N2O3. The zero-order valence-corrected chi connectivity index (χ0v) is 13.1. The topological polar surface area (TPSA) is 69.6 Å². The first-order valence-electron chi connectivity index (χ1n) is 5.70. The minimum atomic E-state index is -0.994. The van der Waals surface area contributed by atoms with Crippen LogP contribution in [0.4, 0.5) is 0 Å². The Morgan fingerprint density at radius 3 is 2.79 bits per heavy atom. The standard InChI is InChI=1S/C12H12Br2N2O3/c13-7-1-2-9(14)8(5-7)11(17)16-4-3-15-6-10(16)12(18)19/h1-2,5,10,15H,3-4,6H2,(H,18,19). The zero-order valence-electron chi connectivity index (χ0n) is 9.90. The van der Waals surface area contributed by atoms with E-state index in [9.17, 15) is 14.7 Å². The maximum Gasteiger partial charge on any atom is 0.327 e. The van der Waals surface area contributed by atoms with E-state index in [4.69, 9.17) is 0 Å². The molecule has 1 aliphatic heterocycles. The predicted molar refractivity (Wildman–Crippen MR) is 77.2 cm³/mol. The monoisotopic (exact) mass is 390 g/mol. The van der Waals surface area contributed by atoms with Crippen LogP contribution in [0.5, 0.6) is 0 Å². The van der Waals surface area contributed by atoms with E-state index in [2.05, 4.69) is 37.2 Å². The van der Waals surface area contributed by atoms with Crippen molar-refractivity contribution in [2.45, 2.75) is 6.04 Å². The minimum Gasteiger partial charge on any atom is -0.480 e. The lowest BCUT2D eigenvalue weighted by Gasteiger charge is -2.33. The molecule has 2 N–H and O–H groups in total. The molecular weight excluding hydrogens is 380 g/mol. The summed E-state index contributed by atoms with van der Waals surface area (Å²) < 4.78 is 1.43. The van der Waals surface area contributed by atoms with Crippen LogP contribution >= 0.6 is 31.9 Å². The van der Waals surface area contributed by atoms with Gasteiger partial charge in [-0.05, 0) is 34.1 Å². The highest BCUT2D eigenvalue weighted by molar-refractivity contribution is 9.11. The average molecular weight is 392 g/mol. The van der Waals surface area contributed by atoms with Gasteiger partial charge in [-0.15, -0.1) is 0 Å². The van der Waals surface area contributed by atoms with Crippen LogP contribution in [-0.4, -0.2) is 47.6 Å². The second kappa shape index (κ2) is 6.02. The van der Waals surface area contributed by atoms with Crippen molar-refractivity contribution >= 4 is 43.7 Å². The molecule has 5 nitrogen and oxygen atoms in total. The molecule has 0 spiro atoms. The molecule has 1 aliphatic rings. The first-order chi connectivity index (χ1) is 9.00. The maximum absolute atomic E-state index is 12.5. The van der Waals surface area contributed by atoms with Gasteiger partial charge in [0.15, 0.2) is 0 Å². The molecule has 1 fully saturated rings. The van der Waals surface area contributed by atoms with Crippen molar-refractivity contribution in [3.63, 3.8) is 0 Å². The van der Waals surface area contributed by atoms with Gasteiger partial charge < -0.3 is 15.3 Å². The number of carbonyl (C=O) groups is 2. The van der Waals surface area contributed by atoms with Crippen LogP contribution in [0.1, 0.15) is 10.4 Å². The fraction of sp³-hybridized carbons (Fsp3) is 0.333. The molecule has 1 aromatic rings. The number of carbonyl (C=O) groups excluding carboxylic acids is 1. The Balaban J connectivity index is 2.31. The van der Waals surface area contributed by atoms with E-state index in [0.29, 0.717) is 23.1 Å². The quantitative estimate of drug-likeness (QED) is 0.805. The summed E-state index contributed by atoms with van der Waals surface area (Å²) in [5, 5.41) is 12.2. The minimum absolute atomic E-state index is 0.271. The van der Waals surface area contributed by atoms with Gasteiger partial charge in [0, 0.05) is 28.6 Å². The van der Waals surface area contributed by atoms with Crippen LogP contribution in [0.15, 0.2) is 27.1 Å². The van der Waals surface area contributed by atoms with Gasteiger partial charge in [-0.25, -0.2) is 4.79 Å². The highest BCUT2D eigenvalue weighted by Crippen LogP contribution is 2.24. The van der Waals surface area contributed by atoms with Crippen molar-refractivity contribution < 1.29 is 14.7 Å². The van der Waals surface area contributed by atoms with Crippen LogP contribution < -0.4 is 5.32 Å². The largest absolute Gasteiger partial charge is 0.480 e. The van der Waals surface area contributed by atoms with Gasteiger partial charge in [0.25, 0.3) is 5.91 Å². The highest BCUT2D eigenvalue weighted by atomic mass is 79.9. The summed E-state index contributed by atoms with van der Waals surface area (Å²) in [6, 6.07) is 4.43. The number of hydrogen-bond donors (Lipinski definition) is 2. The van der Waals surface area contributed by atoms with E-state index in [0.717, 1.165) is 4.47 Å². The first kappa shape index (κ1) is 14.5. The molecule has 2 rings (SSSR count). The van der Waals surface area contributed by atoms with Crippen molar-refractivity contribution in [3.8, 4) is 0 Å². The Labute approximate surface area is 127 Å². The molecule has 102 valence electrons. The molecule has 1 unspecified atom stereocenters. The Morgan fingerprint density at radius 1 is 1.37 bits per heavy atom. The van der Waals surface area contributed by atoms with Crippen molar-refractivity contribution in [2.75, 3.05) is 19.6 Å². The van der Waals surface area contributed by atoms with Crippen LogP contribution in [0, 0.1) is 0 Å². The highest BCUT2D eigenvalue weighted by Gasteiger charge is 2.33. The van der Waals surface area contributed by atoms with Crippen molar-refractivity contribution in [1.29, 1.82) is 0 Å². The molecule has 1 atom stereocenters. The SMILES string of the molecule is O=C(O)C1CNCCN1C(=O)c1cc(Br)ccc1Br. The summed E-state index contributed by atoms with van der Waals surface area (Å²) in [5.41, 5.74) is 0.461. The number of benzene rings is 1. The molecule has 19 heavy (non-hydrogen) atoms. The van der Waals surface area contributed by atoms with Crippen LogP contribution in [-0.2, 0) is 4.79 Å². The number of aliphatic carboxylic acids is 1. The molecule has 0 aliphatic carbocycles. The van der Waals surface area contributed by atoms with Gasteiger partial charge in [-0.3, -0.25) is 4.79 Å². The summed E-state index contributed by atoms with van der Waals surface area (Å²) in [6.07, 6.45) is 0. The number of carboxylic acid groups (broad SMARTS) is 1. The summed E-state index contributed by atoms with van der Waals surface area (Å²) in [7, 11) is 0. The lowest BCUT2D eigenvalue weighted by molar-refractivity contribution is -0.142. The number of nitrogens with one attached hydrogen (secondary N) is 1. The second-order valence-electron chi connectivity index (χ2n) is 4.18. The molecule has 1 aromatic carbocycles. The van der Waals surface area contributed by atoms with Crippen molar-refractivity contribution in [1.82, 2.24) is 10.2 Å². The third kappa shape index (κ3) is 3.16. The van der Waals surface area contributed by atoms with E-state index < -0.39 is 12.0 Å². The third-order valence-corrected chi connectivity index (χ3v) is 4.13. The number of nitrogens with zero attached hydrogens (tertiary/aromatic N) is 1. The zero-order chi connectivity index (χ0) is 14.0. The van der Waals surface area contributed by atoms with E-state index in [1.54, 1.807) is 12.1 Å². The lowest BCUT2D eigenvalue weighted by atomic mass is 10.1. The third-order valence-electron chi connectivity index (χ3n) is 2.95. The maximum atomic E-state index is 12.5. The normalized spacial score (nSPS) is 19.3. The van der Waals surface area contributed by atoms with Gasteiger partial charge >= 0.3 is 5.97 Å². The smallest absolute Gasteiger partial charge is 0.327 e. The molecule has 0 aromatic heterocycles. The Bertz CT molecular complexity index is 522. The second-order valence-corrected chi connectivity index (χ2v) is 5.95. The van der Waals surface area contributed by atoms with Gasteiger partial charge in [0.2, 0.25) is 0 Å². The number of hydrogen-bond acceptors (Lipinski definition) is 3. The summed E-state index contributed by atoms with van der Waals surface area (Å²) in [4.78, 5) is 25.1. The van der Waals surface area contributed by atoms with Gasteiger partial charge in [0.05, 0.1) is 5.56 Å². The van der Waals surface area contributed by atoms with Gasteiger partial charge in [0.1, 0.15) is 6.04 Å². The lowest BCUT2D eigenvalue weighted by Crippen LogP contribution is -2.57. The number of halogens is 2. The first-order valence-corrected chi connectivity index (χ1v) is 7.29. The predicted octanol–water partition coefficient (Wildman–Crippen LogP) is 1.71. The Hall–Kier alpha value is -0.920. The number of rotatable bonds is 2. The van der Waals surface area contributed by atoms with Gasteiger partial charge in [-0.2, -0.15) is 0 Å². The average Bonchev–Trinajstić information content (AvgIpc) is 2.40. The fourth-order valence-electron chi connectivity index (χ4n) is 1.98. The summed E-state index contributed by atoms with van der Waals surface area (Å²) in [5.74, 6) is -1.27. The molecule has 7 heteroatoms. The Morgan fingerprint density at radius 2 is 2.11 bits per heavy atom. The van der Waals surface area contributed by atoms with Crippen LogP contribution in [0.2, 0.25) is 0 Å². The molecule has 0 saturated carbocycles. The summed E-state index contributed by atoms with van der Waals surface area (Å²) in [6.45, 7) is 1.25. The van der Waals surface area contributed by atoms with Crippen molar-refractivity contribution in [3.05, 3.63) is 32.7 Å². The van der Waals surface area contributed by atoms with E-state index >= 15 is 0 Å². The fourth-order valence-corrected chi connectivity index (χ4v) is 2.76. The van der Waals surface area contributed by atoms with E-state index in [-0.39, 0.29) is 12.5 Å².